The molecule has 0 spiro atoms. The summed E-state index contributed by atoms with van der Waals surface area (Å²) in [5, 5.41) is 18.0. The first-order chi connectivity index (χ1) is 12.9. The van der Waals surface area contributed by atoms with Crippen molar-refractivity contribution in [1.82, 2.24) is 16.0 Å². The van der Waals surface area contributed by atoms with Crippen LogP contribution in [0.15, 0.2) is 30.3 Å². The first-order valence-electron chi connectivity index (χ1n) is 9.53. The van der Waals surface area contributed by atoms with Gasteiger partial charge in [-0.2, -0.15) is 0 Å². The normalized spacial score (nSPS) is 19.7. The quantitative estimate of drug-likeness (QED) is 0.517. The molecule has 0 aromatic heterocycles. The van der Waals surface area contributed by atoms with Crippen LogP contribution in [0.25, 0.3) is 0 Å². The predicted octanol–water partition coefficient (Wildman–Crippen LogP) is 1.08. The Kier molecular flexibility index (Phi) is 7.79. The van der Waals surface area contributed by atoms with E-state index >= 15 is 0 Å². The van der Waals surface area contributed by atoms with Gasteiger partial charge in [0.1, 0.15) is 12.1 Å². The van der Waals surface area contributed by atoms with Gasteiger partial charge >= 0.3 is 5.97 Å². The number of nitrogens with one attached hydrogen (secondary N) is 3. The van der Waals surface area contributed by atoms with E-state index in [0.29, 0.717) is 12.8 Å². The molecule has 2 rings (SSSR count). The zero-order valence-electron chi connectivity index (χ0n) is 15.9. The van der Waals surface area contributed by atoms with E-state index in [0.717, 1.165) is 24.9 Å². The Balaban J connectivity index is 2.12. The maximum absolute atomic E-state index is 12.8. The lowest BCUT2D eigenvalue weighted by Gasteiger charge is -2.25. The molecule has 1 aliphatic rings. The number of amides is 2. The van der Waals surface area contributed by atoms with Crippen LogP contribution in [0.4, 0.5) is 0 Å². The van der Waals surface area contributed by atoms with Crippen molar-refractivity contribution in [1.29, 1.82) is 0 Å². The molecule has 1 aliphatic heterocycles. The number of carboxylic acids is 1. The average Bonchev–Trinajstić information content (AvgIpc) is 3.20. The van der Waals surface area contributed by atoms with E-state index in [1.54, 1.807) is 6.92 Å². The number of carboxylic acid groups (broad SMARTS) is 1. The van der Waals surface area contributed by atoms with E-state index in [1.165, 1.54) is 0 Å². The summed E-state index contributed by atoms with van der Waals surface area (Å²) in [5.74, 6) is -1.98. The Morgan fingerprint density at radius 3 is 2.48 bits per heavy atom. The molecular weight excluding hydrogens is 346 g/mol. The highest BCUT2D eigenvalue weighted by Crippen LogP contribution is 2.11. The van der Waals surface area contributed by atoms with Crippen LogP contribution in [0.1, 0.15) is 38.7 Å². The molecule has 4 unspecified atom stereocenters. The van der Waals surface area contributed by atoms with Crippen LogP contribution >= 0.6 is 0 Å². The molecule has 148 valence electrons. The number of carbonyl (C=O) groups excluding carboxylic acids is 2. The van der Waals surface area contributed by atoms with E-state index in [9.17, 15) is 19.5 Å². The Morgan fingerprint density at radius 1 is 1.22 bits per heavy atom. The lowest BCUT2D eigenvalue weighted by molar-refractivity contribution is -0.143. The number of hydrogen-bond donors (Lipinski definition) is 4. The number of carbonyl (C=O) groups is 3. The van der Waals surface area contributed by atoms with Gasteiger partial charge in [-0.25, -0.2) is 4.79 Å². The molecule has 1 heterocycles. The molecule has 1 fully saturated rings. The lowest BCUT2D eigenvalue weighted by Crippen LogP contribution is -2.56. The number of aliphatic carboxylic acids is 1. The van der Waals surface area contributed by atoms with E-state index in [-0.39, 0.29) is 17.9 Å². The van der Waals surface area contributed by atoms with Crippen LogP contribution < -0.4 is 16.0 Å². The van der Waals surface area contributed by atoms with Crippen molar-refractivity contribution >= 4 is 17.8 Å². The predicted molar refractivity (Wildman–Crippen MR) is 102 cm³/mol. The summed E-state index contributed by atoms with van der Waals surface area (Å²) >= 11 is 0. The minimum atomic E-state index is -1.07. The topological polar surface area (TPSA) is 108 Å². The monoisotopic (exact) mass is 375 g/mol. The second-order valence-electron chi connectivity index (χ2n) is 7.11. The average molecular weight is 375 g/mol. The third-order valence-corrected chi connectivity index (χ3v) is 5.07. The van der Waals surface area contributed by atoms with E-state index < -0.39 is 24.0 Å². The molecule has 1 aromatic rings. The summed E-state index contributed by atoms with van der Waals surface area (Å²) in [5.41, 5.74) is 0.896. The molecule has 0 aliphatic carbocycles. The fourth-order valence-corrected chi connectivity index (χ4v) is 3.18. The van der Waals surface area contributed by atoms with Gasteiger partial charge in [0.05, 0.1) is 6.04 Å². The highest BCUT2D eigenvalue weighted by Gasteiger charge is 2.31. The minimum Gasteiger partial charge on any atom is -0.480 e. The largest absolute Gasteiger partial charge is 0.480 e. The molecule has 0 saturated carbocycles. The van der Waals surface area contributed by atoms with Crippen molar-refractivity contribution in [3.8, 4) is 0 Å². The molecule has 2 amide bonds. The van der Waals surface area contributed by atoms with Crippen molar-refractivity contribution in [2.24, 2.45) is 5.92 Å². The summed E-state index contributed by atoms with van der Waals surface area (Å²) in [6.45, 7) is 4.44. The maximum Gasteiger partial charge on any atom is 0.326 e. The van der Waals surface area contributed by atoms with Gasteiger partial charge < -0.3 is 21.1 Å². The van der Waals surface area contributed by atoms with Gasteiger partial charge in [0.25, 0.3) is 0 Å². The molecule has 1 saturated heterocycles. The zero-order chi connectivity index (χ0) is 19.8. The molecule has 7 heteroatoms. The summed E-state index contributed by atoms with van der Waals surface area (Å²) in [7, 11) is 0. The Hall–Kier alpha value is -2.41. The van der Waals surface area contributed by atoms with E-state index in [4.69, 9.17) is 0 Å². The SMILES string of the molecule is CCC(C)C(NC(=O)C(Cc1ccccc1)NC(=O)C1CCCN1)C(=O)O. The summed E-state index contributed by atoms with van der Waals surface area (Å²) < 4.78 is 0. The number of benzene rings is 1. The molecule has 4 atom stereocenters. The van der Waals surface area contributed by atoms with Gasteiger partial charge in [0.15, 0.2) is 0 Å². The van der Waals surface area contributed by atoms with Crippen LogP contribution in [0.2, 0.25) is 0 Å². The van der Waals surface area contributed by atoms with Gasteiger partial charge in [-0.15, -0.1) is 0 Å². The fraction of sp³-hybridized carbons (Fsp3) is 0.550. The Morgan fingerprint density at radius 2 is 1.93 bits per heavy atom. The third-order valence-electron chi connectivity index (χ3n) is 5.07. The minimum absolute atomic E-state index is 0.212. The zero-order valence-corrected chi connectivity index (χ0v) is 15.9. The van der Waals surface area contributed by atoms with E-state index in [1.807, 2.05) is 37.3 Å². The van der Waals surface area contributed by atoms with Crippen LogP contribution in [0.5, 0.6) is 0 Å². The van der Waals surface area contributed by atoms with Crippen molar-refractivity contribution in [2.75, 3.05) is 6.54 Å². The number of rotatable bonds is 9. The summed E-state index contributed by atoms with van der Waals surface area (Å²) in [6.07, 6.45) is 2.58. The first kappa shape index (κ1) is 20.9. The highest BCUT2D eigenvalue weighted by molar-refractivity contribution is 5.92. The molecular formula is C20H29N3O4. The van der Waals surface area contributed by atoms with Crippen molar-refractivity contribution in [2.45, 2.75) is 57.7 Å². The standard InChI is InChI=1S/C20H29N3O4/c1-3-13(2)17(20(26)27)23-19(25)16(12-14-8-5-4-6-9-14)22-18(24)15-10-7-11-21-15/h4-6,8-9,13,15-17,21H,3,7,10-12H2,1-2H3,(H,22,24)(H,23,25)(H,26,27). The maximum atomic E-state index is 12.8. The third kappa shape index (κ3) is 6.06. The van der Waals surface area contributed by atoms with Crippen LogP contribution in [-0.2, 0) is 20.8 Å². The second kappa shape index (κ2) is 10.1. The smallest absolute Gasteiger partial charge is 0.326 e. The second-order valence-corrected chi connectivity index (χ2v) is 7.11. The lowest BCUT2D eigenvalue weighted by atomic mass is 9.98. The van der Waals surface area contributed by atoms with Gasteiger partial charge in [-0.3, -0.25) is 9.59 Å². The van der Waals surface area contributed by atoms with Gasteiger partial charge in [-0.05, 0) is 30.9 Å². The molecule has 0 radical (unpaired) electrons. The van der Waals surface area contributed by atoms with Gasteiger partial charge in [0.2, 0.25) is 11.8 Å². The molecule has 7 nitrogen and oxygen atoms in total. The van der Waals surface area contributed by atoms with Gasteiger partial charge in [0, 0.05) is 6.42 Å². The number of hydrogen-bond acceptors (Lipinski definition) is 4. The molecule has 1 aromatic carbocycles. The van der Waals surface area contributed by atoms with E-state index in [2.05, 4.69) is 16.0 Å². The van der Waals surface area contributed by atoms with Crippen LogP contribution in [-0.4, -0.2) is 47.6 Å². The molecule has 0 bridgehead atoms. The molecule has 27 heavy (non-hydrogen) atoms. The Bertz CT molecular complexity index is 644. The van der Waals surface area contributed by atoms with Crippen molar-refractivity contribution < 1.29 is 19.5 Å². The highest BCUT2D eigenvalue weighted by atomic mass is 16.4. The summed E-state index contributed by atoms with van der Waals surface area (Å²) in [6, 6.07) is 7.25. The fourth-order valence-electron chi connectivity index (χ4n) is 3.18. The van der Waals surface area contributed by atoms with Crippen LogP contribution in [0.3, 0.4) is 0 Å². The van der Waals surface area contributed by atoms with Crippen molar-refractivity contribution in [3.63, 3.8) is 0 Å². The van der Waals surface area contributed by atoms with Crippen LogP contribution in [0, 0.1) is 5.92 Å². The van der Waals surface area contributed by atoms with Crippen molar-refractivity contribution in [3.05, 3.63) is 35.9 Å². The van der Waals surface area contributed by atoms with Gasteiger partial charge in [-0.1, -0.05) is 50.6 Å². The summed E-state index contributed by atoms with van der Waals surface area (Å²) in [4.78, 5) is 36.8. The first-order valence-corrected chi connectivity index (χ1v) is 9.53. The molecule has 4 N–H and O–H groups in total. The Labute approximate surface area is 159 Å².